The van der Waals surface area contributed by atoms with Crippen LogP contribution in [0.5, 0.6) is 0 Å². The predicted molar refractivity (Wildman–Crippen MR) is 72.7 cm³/mol. The van der Waals surface area contributed by atoms with E-state index in [2.05, 4.69) is 11.9 Å². The van der Waals surface area contributed by atoms with E-state index in [-0.39, 0.29) is 11.1 Å². The molecular formula is C15H16N2O4. The first-order valence-corrected chi connectivity index (χ1v) is 7.03. The van der Waals surface area contributed by atoms with Gasteiger partial charge in [0, 0.05) is 12.4 Å². The van der Waals surface area contributed by atoms with Crippen molar-refractivity contribution in [1.29, 1.82) is 0 Å². The molecule has 0 aromatic carbocycles. The van der Waals surface area contributed by atoms with Crippen LogP contribution in [0.15, 0.2) is 18.5 Å². The maximum atomic E-state index is 12.5. The van der Waals surface area contributed by atoms with E-state index in [0.717, 1.165) is 4.90 Å². The van der Waals surface area contributed by atoms with Crippen molar-refractivity contribution in [2.75, 3.05) is 0 Å². The highest BCUT2D eigenvalue weighted by atomic mass is 16.4. The van der Waals surface area contributed by atoms with Crippen molar-refractivity contribution in [3.63, 3.8) is 0 Å². The fraction of sp³-hybridized carbons (Fsp3) is 0.467. The number of rotatable bonds is 2. The Morgan fingerprint density at radius 1 is 1.29 bits per heavy atom. The lowest BCUT2D eigenvalue weighted by atomic mass is 9.76. The summed E-state index contributed by atoms with van der Waals surface area (Å²) in [4.78, 5) is 41.7. The van der Waals surface area contributed by atoms with Crippen LogP contribution in [0, 0.1) is 5.92 Å². The standard InChI is InChI=1S/C15H16N2O4/c1-9-2-5-15(6-3-9,14(20)21)17-12(18)10-4-7-16-8-11(10)13(17)19/h4,7-9H,2-3,5-6H2,1H3,(H,20,21). The molecule has 2 heterocycles. The van der Waals surface area contributed by atoms with E-state index < -0.39 is 23.3 Å². The van der Waals surface area contributed by atoms with Gasteiger partial charge in [0.2, 0.25) is 0 Å². The third-order valence-electron chi connectivity index (χ3n) is 4.62. The Hall–Kier alpha value is -2.24. The largest absolute Gasteiger partial charge is 0.479 e. The monoisotopic (exact) mass is 288 g/mol. The normalized spacial score (nSPS) is 28.6. The van der Waals surface area contributed by atoms with Crippen molar-refractivity contribution in [1.82, 2.24) is 9.88 Å². The van der Waals surface area contributed by atoms with Crippen molar-refractivity contribution in [2.24, 2.45) is 5.92 Å². The topological polar surface area (TPSA) is 87.6 Å². The van der Waals surface area contributed by atoms with Crippen LogP contribution in [-0.2, 0) is 4.79 Å². The smallest absolute Gasteiger partial charge is 0.330 e. The van der Waals surface area contributed by atoms with E-state index in [1.165, 1.54) is 18.5 Å². The first-order chi connectivity index (χ1) is 9.97. The zero-order valence-electron chi connectivity index (χ0n) is 11.7. The summed E-state index contributed by atoms with van der Waals surface area (Å²) >= 11 is 0. The first-order valence-electron chi connectivity index (χ1n) is 7.03. The van der Waals surface area contributed by atoms with Gasteiger partial charge in [-0.1, -0.05) is 6.92 Å². The Morgan fingerprint density at radius 3 is 2.48 bits per heavy atom. The molecule has 0 bridgehead atoms. The molecular weight excluding hydrogens is 272 g/mol. The van der Waals surface area contributed by atoms with Gasteiger partial charge in [-0.3, -0.25) is 19.5 Å². The maximum absolute atomic E-state index is 12.5. The van der Waals surface area contributed by atoms with Gasteiger partial charge in [-0.2, -0.15) is 0 Å². The highest BCUT2D eigenvalue weighted by Crippen LogP contribution is 2.40. The minimum absolute atomic E-state index is 0.196. The number of imide groups is 1. The van der Waals surface area contributed by atoms with Gasteiger partial charge in [-0.05, 0) is 37.7 Å². The van der Waals surface area contributed by atoms with Gasteiger partial charge in [0.1, 0.15) is 5.54 Å². The Balaban J connectivity index is 2.05. The Labute approximate surface area is 121 Å². The third kappa shape index (κ3) is 1.86. The number of hydrogen-bond acceptors (Lipinski definition) is 4. The molecule has 110 valence electrons. The number of amides is 2. The lowest BCUT2D eigenvalue weighted by Gasteiger charge is -2.41. The molecule has 6 nitrogen and oxygen atoms in total. The number of aromatic nitrogens is 1. The van der Waals surface area contributed by atoms with Crippen LogP contribution in [0.3, 0.4) is 0 Å². The van der Waals surface area contributed by atoms with Crippen molar-refractivity contribution < 1.29 is 19.5 Å². The van der Waals surface area contributed by atoms with Gasteiger partial charge in [-0.15, -0.1) is 0 Å². The molecule has 6 heteroatoms. The van der Waals surface area contributed by atoms with E-state index in [9.17, 15) is 19.5 Å². The van der Waals surface area contributed by atoms with E-state index in [0.29, 0.717) is 31.6 Å². The van der Waals surface area contributed by atoms with E-state index >= 15 is 0 Å². The number of carbonyl (C=O) groups excluding carboxylic acids is 2. The Bertz CT molecular complexity index is 597. The summed E-state index contributed by atoms with van der Waals surface area (Å²) in [6.45, 7) is 2.05. The van der Waals surface area contributed by atoms with Crippen LogP contribution in [0.25, 0.3) is 0 Å². The number of hydrogen-bond donors (Lipinski definition) is 1. The fourth-order valence-electron chi connectivity index (χ4n) is 3.25. The lowest BCUT2D eigenvalue weighted by Crippen LogP contribution is -2.58. The molecule has 2 amide bonds. The van der Waals surface area contributed by atoms with Gasteiger partial charge in [0.05, 0.1) is 11.1 Å². The number of carboxylic acids is 1. The molecule has 1 aromatic heterocycles. The third-order valence-corrected chi connectivity index (χ3v) is 4.62. The predicted octanol–water partition coefficient (Wildman–Crippen LogP) is 1.71. The molecule has 1 aromatic rings. The van der Waals surface area contributed by atoms with Crippen LogP contribution >= 0.6 is 0 Å². The molecule has 1 saturated carbocycles. The van der Waals surface area contributed by atoms with Gasteiger partial charge < -0.3 is 5.11 Å². The summed E-state index contributed by atoms with van der Waals surface area (Å²) in [5.74, 6) is -1.75. The Morgan fingerprint density at radius 2 is 1.90 bits per heavy atom. The molecule has 1 aliphatic carbocycles. The van der Waals surface area contributed by atoms with Gasteiger partial charge >= 0.3 is 5.97 Å². The minimum atomic E-state index is -1.42. The molecule has 3 rings (SSSR count). The summed E-state index contributed by atoms with van der Waals surface area (Å²) < 4.78 is 0. The fourth-order valence-corrected chi connectivity index (χ4v) is 3.25. The molecule has 1 N–H and O–H groups in total. The summed E-state index contributed by atoms with van der Waals surface area (Å²) in [6, 6.07) is 1.47. The number of nitrogens with zero attached hydrogens (tertiary/aromatic N) is 2. The lowest BCUT2D eigenvalue weighted by molar-refractivity contribution is -0.151. The van der Waals surface area contributed by atoms with Crippen LogP contribution in [0.1, 0.15) is 53.3 Å². The first kappa shape index (κ1) is 13.7. The second-order valence-electron chi connectivity index (χ2n) is 5.89. The van der Waals surface area contributed by atoms with Crippen molar-refractivity contribution in [3.8, 4) is 0 Å². The highest BCUT2D eigenvalue weighted by Gasteiger charge is 2.54. The molecule has 0 radical (unpaired) electrons. The number of fused-ring (bicyclic) bond motifs is 1. The number of carboxylic acid groups (broad SMARTS) is 1. The molecule has 21 heavy (non-hydrogen) atoms. The summed E-state index contributed by atoms with van der Waals surface area (Å²) in [6.07, 6.45) is 4.77. The van der Waals surface area contributed by atoms with E-state index in [4.69, 9.17) is 0 Å². The average Bonchev–Trinajstić information content (AvgIpc) is 2.73. The minimum Gasteiger partial charge on any atom is -0.479 e. The second kappa shape index (κ2) is 4.65. The van der Waals surface area contributed by atoms with Gasteiger partial charge in [-0.25, -0.2) is 4.79 Å². The van der Waals surface area contributed by atoms with Gasteiger partial charge in [0.15, 0.2) is 0 Å². The van der Waals surface area contributed by atoms with Crippen LogP contribution in [0.4, 0.5) is 0 Å². The second-order valence-corrected chi connectivity index (χ2v) is 5.89. The summed E-state index contributed by atoms with van der Waals surface area (Å²) in [5.41, 5.74) is -0.976. The molecule has 2 aliphatic rings. The molecule has 0 unspecified atom stereocenters. The van der Waals surface area contributed by atoms with Crippen molar-refractivity contribution in [3.05, 3.63) is 29.6 Å². The summed E-state index contributed by atoms with van der Waals surface area (Å²) in [7, 11) is 0. The van der Waals surface area contributed by atoms with Crippen LogP contribution in [0.2, 0.25) is 0 Å². The van der Waals surface area contributed by atoms with E-state index in [1.54, 1.807) is 0 Å². The number of aliphatic carboxylic acids is 1. The molecule has 0 spiro atoms. The van der Waals surface area contributed by atoms with Crippen LogP contribution in [-0.4, -0.2) is 38.3 Å². The number of carbonyl (C=O) groups is 3. The maximum Gasteiger partial charge on any atom is 0.330 e. The van der Waals surface area contributed by atoms with Crippen molar-refractivity contribution in [2.45, 2.75) is 38.1 Å². The van der Waals surface area contributed by atoms with Gasteiger partial charge in [0.25, 0.3) is 11.8 Å². The average molecular weight is 288 g/mol. The zero-order valence-corrected chi connectivity index (χ0v) is 11.7. The molecule has 0 saturated heterocycles. The molecule has 1 aliphatic heterocycles. The van der Waals surface area contributed by atoms with Crippen LogP contribution < -0.4 is 0 Å². The van der Waals surface area contributed by atoms with Crippen molar-refractivity contribution >= 4 is 17.8 Å². The molecule has 0 atom stereocenters. The Kier molecular flexibility index (Phi) is 3.04. The van der Waals surface area contributed by atoms with E-state index in [1.807, 2.05) is 0 Å². The number of pyridine rings is 1. The highest BCUT2D eigenvalue weighted by molar-refractivity contribution is 6.23. The zero-order chi connectivity index (χ0) is 15.2. The quantitative estimate of drug-likeness (QED) is 0.837. The summed E-state index contributed by atoms with van der Waals surface area (Å²) in [5, 5.41) is 9.69. The SMILES string of the molecule is CC1CCC(C(=O)O)(N2C(=O)c3ccncc3C2=O)CC1. The molecule has 1 fully saturated rings.